The molecule has 2 aliphatic rings. The van der Waals surface area contributed by atoms with Crippen LogP contribution in [0.15, 0.2) is 0 Å². The van der Waals surface area contributed by atoms with Gasteiger partial charge in [-0.1, -0.05) is 0 Å². The molecule has 15 heavy (non-hydrogen) atoms. The molecule has 0 aromatic heterocycles. The van der Waals surface area contributed by atoms with Crippen LogP contribution in [0, 0.1) is 0 Å². The predicted molar refractivity (Wildman–Crippen MR) is 49.8 cm³/mol. The minimum atomic E-state index is -1.27. The van der Waals surface area contributed by atoms with Crippen molar-refractivity contribution in [3.63, 3.8) is 0 Å². The lowest BCUT2D eigenvalue weighted by molar-refractivity contribution is -0.267. The lowest BCUT2D eigenvalue weighted by Gasteiger charge is -2.26. The lowest BCUT2D eigenvalue weighted by Crippen LogP contribution is -2.46. The van der Waals surface area contributed by atoms with E-state index in [2.05, 4.69) is 0 Å². The van der Waals surface area contributed by atoms with E-state index in [9.17, 15) is 10.2 Å². The molecule has 2 heterocycles. The summed E-state index contributed by atoms with van der Waals surface area (Å²) < 4.78 is 16.3. The van der Waals surface area contributed by atoms with Crippen LogP contribution < -0.4 is 5.73 Å². The predicted octanol–water partition coefficient (Wildman–Crippen LogP) is -1.46. The van der Waals surface area contributed by atoms with E-state index in [4.69, 9.17) is 19.9 Å². The third kappa shape index (κ3) is 1.67. The van der Waals surface area contributed by atoms with Gasteiger partial charge in [-0.05, 0) is 13.8 Å². The third-order valence-electron chi connectivity index (χ3n) is 2.78. The van der Waals surface area contributed by atoms with Crippen molar-refractivity contribution in [3.05, 3.63) is 0 Å². The standard InChI is InChI=1S/C9H17NO5/c1-8(2)13-4-9(15-8)7(12)6(11)5(3-10)14-9/h5-7,11-12H,3-4,10H2,1-2H3/t5-,6+,7-,9-/m0/s1. The Morgan fingerprint density at radius 2 is 2.07 bits per heavy atom. The maximum absolute atomic E-state index is 9.85. The van der Waals surface area contributed by atoms with Gasteiger partial charge in [0.05, 0.1) is 0 Å². The van der Waals surface area contributed by atoms with Crippen LogP contribution in [0.2, 0.25) is 0 Å². The molecule has 0 aromatic rings. The third-order valence-corrected chi connectivity index (χ3v) is 2.78. The van der Waals surface area contributed by atoms with E-state index in [0.29, 0.717) is 0 Å². The van der Waals surface area contributed by atoms with E-state index in [-0.39, 0.29) is 13.2 Å². The van der Waals surface area contributed by atoms with Crippen molar-refractivity contribution in [1.82, 2.24) is 0 Å². The molecule has 0 amide bonds. The summed E-state index contributed by atoms with van der Waals surface area (Å²) in [5.41, 5.74) is 5.41. The number of ether oxygens (including phenoxy) is 3. The highest BCUT2D eigenvalue weighted by molar-refractivity contribution is 5.00. The molecule has 1 spiro atoms. The Kier molecular flexibility index (Phi) is 2.53. The minimum Gasteiger partial charge on any atom is -0.387 e. The number of hydrogen-bond donors (Lipinski definition) is 3. The Morgan fingerprint density at radius 1 is 1.40 bits per heavy atom. The molecule has 0 aromatic carbocycles. The van der Waals surface area contributed by atoms with Crippen molar-refractivity contribution in [2.24, 2.45) is 5.73 Å². The summed E-state index contributed by atoms with van der Waals surface area (Å²) in [4.78, 5) is 0. The molecule has 88 valence electrons. The molecule has 2 fully saturated rings. The highest BCUT2D eigenvalue weighted by Crippen LogP contribution is 2.41. The van der Waals surface area contributed by atoms with Gasteiger partial charge in [0.2, 0.25) is 5.79 Å². The first-order chi connectivity index (χ1) is 6.90. The average Bonchev–Trinajstić information content (AvgIpc) is 2.60. The SMILES string of the molecule is CC1(C)OC[C@]2(O[C@@H](CN)[C@@H](O)[C@@H]2O)O1. The van der Waals surface area contributed by atoms with Crippen molar-refractivity contribution in [1.29, 1.82) is 0 Å². The summed E-state index contributed by atoms with van der Waals surface area (Å²) in [7, 11) is 0. The van der Waals surface area contributed by atoms with Crippen molar-refractivity contribution < 1.29 is 24.4 Å². The van der Waals surface area contributed by atoms with Crippen LogP contribution in [0.4, 0.5) is 0 Å². The van der Waals surface area contributed by atoms with Gasteiger partial charge in [0.15, 0.2) is 5.79 Å². The zero-order valence-corrected chi connectivity index (χ0v) is 8.84. The lowest BCUT2D eigenvalue weighted by atomic mass is 10.1. The molecule has 0 bridgehead atoms. The molecule has 2 rings (SSSR count). The average molecular weight is 219 g/mol. The van der Waals surface area contributed by atoms with Gasteiger partial charge in [-0.25, -0.2) is 0 Å². The van der Waals surface area contributed by atoms with Crippen LogP contribution in [-0.4, -0.2) is 53.3 Å². The van der Waals surface area contributed by atoms with Crippen LogP contribution >= 0.6 is 0 Å². The van der Waals surface area contributed by atoms with E-state index in [1.807, 2.05) is 0 Å². The number of hydrogen-bond acceptors (Lipinski definition) is 6. The first-order valence-electron chi connectivity index (χ1n) is 4.98. The minimum absolute atomic E-state index is 0.0920. The van der Waals surface area contributed by atoms with Gasteiger partial charge in [0, 0.05) is 6.54 Å². The highest BCUT2D eigenvalue weighted by Gasteiger charge is 2.60. The maximum Gasteiger partial charge on any atom is 0.224 e. The van der Waals surface area contributed by atoms with Crippen LogP contribution in [0.1, 0.15) is 13.8 Å². The van der Waals surface area contributed by atoms with E-state index in [0.717, 1.165) is 0 Å². The van der Waals surface area contributed by atoms with Gasteiger partial charge in [0.25, 0.3) is 0 Å². The number of aliphatic hydroxyl groups is 2. The number of nitrogens with two attached hydrogens (primary N) is 1. The molecular formula is C9H17NO5. The van der Waals surface area contributed by atoms with Crippen molar-refractivity contribution in [2.45, 2.75) is 43.7 Å². The summed E-state index contributed by atoms with van der Waals surface area (Å²) in [6, 6.07) is 0. The first kappa shape index (κ1) is 11.3. The summed E-state index contributed by atoms with van der Waals surface area (Å²) in [5, 5.41) is 19.5. The molecular weight excluding hydrogens is 202 g/mol. The Labute approximate surface area is 87.9 Å². The Bertz CT molecular complexity index is 259. The van der Waals surface area contributed by atoms with E-state index in [1.54, 1.807) is 13.8 Å². The molecule has 0 unspecified atom stereocenters. The monoisotopic (exact) mass is 219 g/mol. The van der Waals surface area contributed by atoms with Crippen LogP contribution in [0.25, 0.3) is 0 Å². The highest BCUT2D eigenvalue weighted by atomic mass is 16.8. The maximum atomic E-state index is 9.85. The van der Waals surface area contributed by atoms with Gasteiger partial charge in [-0.3, -0.25) is 0 Å². The Morgan fingerprint density at radius 3 is 2.47 bits per heavy atom. The van der Waals surface area contributed by atoms with Crippen LogP contribution in [0.3, 0.4) is 0 Å². The zero-order valence-electron chi connectivity index (χ0n) is 8.84. The zero-order chi connectivity index (χ0) is 11.3. The van der Waals surface area contributed by atoms with Crippen LogP contribution in [0.5, 0.6) is 0 Å². The molecule has 6 heteroatoms. The first-order valence-corrected chi connectivity index (χ1v) is 4.98. The molecule has 0 radical (unpaired) electrons. The normalized spacial score (nSPS) is 49.0. The second-order valence-corrected chi connectivity index (χ2v) is 4.43. The molecule has 2 saturated heterocycles. The molecule has 4 atom stereocenters. The largest absolute Gasteiger partial charge is 0.387 e. The van der Waals surface area contributed by atoms with E-state index >= 15 is 0 Å². The second-order valence-electron chi connectivity index (χ2n) is 4.43. The fourth-order valence-electron chi connectivity index (χ4n) is 2.00. The van der Waals surface area contributed by atoms with Gasteiger partial charge in [-0.15, -0.1) is 0 Å². The van der Waals surface area contributed by atoms with Gasteiger partial charge in [0.1, 0.15) is 24.9 Å². The topological polar surface area (TPSA) is 94.2 Å². The molecule has 6 nitrogen and oxygen atoms in total. The quantitative estimate of drug-likeness (QED) is 0.499. The van der Waals surface area contributed by atoms with E-state index < -0.39 is 29.9 Å². The summed E-state index contributed by atoms with van der Waals surface area (Å²) in [6.07, 6.45) is -2.78. The van der Waals surface area contributed by atoms with Crippen molar-refractivity contribution in [3.8, 4) is 0 Å². The summed E-state index contributed by atoms with van der Waals surface area (Å²) in [5.74, 6) is -2.09. The summed E-state index contributed by atoms with van der Waals surface area (Å²) in [6.45, 7) is 3.67. The Balaban J connectivity index is 2.18. The molecule has 4 N–H and O–H groups in total. The fourth-order valence-corrected chi connectivity index (χ4v) is 2.00. The molecule has 0 aliphatic carbocycles. The Hall–Kier alpha value is -0.240. The van der Waals surface area contributed by atoms with Gasteiger partial charge < -0.3 is 30.2 Å². The summed E-state index contributed by atoms with van der Waals surface area (Å²) >= 11 is 0. The number of rotatable bonds is 1. The molecule has 2 aliphatic heterocycles. The molecule has 0 saturated carbocycles. The van der Waals surface area contributed by atoms with E-state index in [1.165, 1.54) is 0 Å². The van der Waals surface area contributed by atoms with Gasteiger partial charge in [-0.2, -0.15) is 0 Å². The van der Waals surface area contributed by atoms with Crippen molar-refractivity contribution >= 4 is 0 Å². The smallest absolute Gasteiger partial charge is 0.224 e. The second kappa shape index (κ2) is 3.38. The van der Waals surface area contributed by atoms with Crippen LogP contribution in [-0.2, 0) is 14.2 Å². The number of aliphatic hydroxyl groups excluding tert-OH is 2. The van der Waals surface area contributed by atoms with Crippen molar-refractivity contribution in [2.75, 3.05) is 13.2 Å². The fraction of sp³-hybridized carbons (Fsp3) is 1.00. The van der Waals surface area contributed by atoms with Gasteiger partial charge >= 0.3 is 0 Å².